The fraction of sp³-hybridized carbons (Fsp3) is 1.00. The number of rotatable bonds is 1. The summed E-state index contributed by atoms with van der Waals surface area (Å²) in [5.74, 6) is 0. The molecule has 32 valence electrons. The smallest absolute Gasteiger partial charge is 0.0110 e. The van der Waals surface area contributed by atoms with E-state index in [1.165, 1.54) is 0 Å². The molecule has 0 fully saturated rings. The predicted molar refractivity (Wildman–Crippen MR) is 37.3 cm³/mol. The van der Waals surface area contributed by atoms with Crippen molar-refractivity contribution in [3.05, 3.63) is 0 Å². The van der Waals surface area contributed by atoms with Crippen LogP contribution in [0.3, 0.4) is 0 Å². The Hall–Kier alpha value is 1.08. The minimum atomic E-state index is 0.565. The van der Waals surface area contributed by atoms with Crippen molar-refractivity contribution in [2.75, 3.05) is 4.43 Å². The van der Waals surface area contributed by atoms with E-state index in [4.69, 9.17) is 0 Å². The van der Waals surface area contributed by atoms with Crippen LogP contribution in [0.2, 0.25) is 0 Å². The summed E-state index contributed by atoms with van der Waals surface area (Å²) in [6.07, 6.45) is 0. The minimum absolute atomic E-state index is 0.565. The summed E-state index contributed by atoms with van der Waals surface area (Å²) >= 11 is 6.39. The van der Waals surface area contributed by atoms with Crippen LogP contribution in [-0.2, 0) is 0 Å². The maximum Gasteiger partial charge on any atom is 0.0110 e. The third kappa shape index (κ3) is 5.08. The summed E-state index contributed by atoms with van der Waals surface area (Å²) in [6.45, 7) is 2.08. The van der Waals surface area contributed by atoms with Crippen molar-refractivity contribution >= 4 is 35.2 Å². The molecule has 0 aromatic rings. The molecule has 0 aliphatic carbocycles. The van der Waals surface area contributed by atoms with Gasteiger partial charge in [0.2, 0.25) is 0 Å². The summed E-state index contributed by atoms with van der Waals surface area (Å²) in [5.41, 5.74) is 0. The monoisotopic (exact) mass is 202 g/mol. The zero-order valence-corrected chi connectivity index (χ0v) is 6.16. The Morgan fingerprint density at radius 1 is 2.00 bits per heavy atom. The third-order valence-electron chi connectivity index (χ3n) is 0.223. The summed E-state index contributed by atoms with van der Waals surface area (Å²) in [4.78, 5) is 0. The number of hydrogen-bond donors (Lipinski definition) is 1. The molecule has 0 heterocycles. The Balaban J connectivity index is 2.54. The zero-order valence-electron chi connectivity index (χ0n) is 3.11. The summed E-state index contributed by atoms with van der Waals surface area (Å²) in [6, 6.07) is 0. The summed E-state index contributed by atoms with van der Waals surface area (Å²) in [5, 5.41) is 0.565. The molecule has 0 bridgehead atoms. The maximum atomic E-state index is 4.09. The van der Waals surface area contributed by atoms with Crippen LogP contribution in [0.5, 0.6) is 0 Å². The Kier molecular flexibility index (Phi) is 3.98. The number of halogens is 1. The average Bonchev–Trinajstić information content (AvgIpc) is 1.38. The first kappa shape index (κ1) is 6.08. The van der Waals surface area contributed by atoms with E-state index in [1.54, 1.807) is 0 Å². The highest BCUT2D eigenvalue weighted by Gasteiger charge is 1.82. The van der Waals surface area contributed by atoms with Crippen LogP contribution in [0.1, 0.15) is 6.92 Å². The molecule has 0 nitrogen and oxygen atoms in total. The second-order valence-corrected chi connectivity index (χ2v) is 2.77. The van der Waals surface area contributed by atoms with Gasteiger partial charge in [-0.3, -0.25) is 0 Å². The second kappa shape index (κ2) is 3.28. The number of hydrogen-bond acceptors (Lipinski definition) is 1. The lowest BCUT2D eigenvalue weighted by molar-refractivity contribution is 1.17. The zero-order chi connectivity index (χ0) is 4.28. The van der Waals surface area contributed by atoms with Crippen LogP contribution in [0.4, 0.5) is 0 Å². The minimum Gasteiger partial charge on any atom is -0.175 e. The summed E-state index contributed by atoms with van der Waals surface area (Å²) < 4.78 is 1.14. The van der Waals surface area contributed by atoms with Gasteiger partial charge < -0.3 is 0 Å². The van der Waals surface area contributed by atoms with Gasteiger partial charge in [-0.1, -0.05) is 29.5 Å². The van der Waals surface area contributed by atoms with Crippen LogP contribution in [0.15, 0.2) is 0 Å². The Labute approximate surface area is 51.9 Å². The molecular weight excluding hydrogens is 195 g/mol. The third-order valence-corrected chi connectivity index (χ3v) is 2.42. The molecule has 1 unspecified atom stereocenters. The first-order valence-corrected chi connectivity index (χ1v) is 3.55. The van der Waals surface area contributed by atoms with E-state index in [2.05, 4.69) is 42.1 Å². The molecule has 0 aliphatic heterocycles. The molecule has 5 heavy (non-hydrogen) atoms. The molecule has 0 aromatic heterocycles. The number of thiol groups is 1. The molecule has 0 aromatic carbocycles. The van der Waals surface area contributed by atoms with Gasteiger partial charge >= 0.3 is 0 Å². The van der Waals surface area contributed by atoms with Gasteiger partial charge in [0.15, 0.2) is 0 Å². The Morgan fingerprint density at radius 2 is 2.20 bits per heavy atom. The van der Waals surface area contributed by atoms with Gasteiger partial charge in [-0.25, -0.2) is 0 Å². The molecule has 0 saturated heterocycles. The van der Waals surface area contributed by atoms with Crippen molar-refractivity contribution < 1.29 is 0 Å². The molecular formula is C3H7IS. The van der Waals surface area contributed by atoms with Crippen LogP contribution in [0.25, 0.3) is 0 Å². The first-order valence-electron chi connectivity index (χ1n) is 1.51. The van der Waals surface area contributed by atoms with E-state index in [0.717, 1.165) is 4.43 Å². The molecule has 0 N–H and O–H groups in total. The highest BCUT2D eigenvalue weighted by Crippen LogP contribution is 1.95. The van der Waals surface area contributed by atoms with Crippen molar-refractivity contribution in [3.63, 3.8) is 0 Å². The Morgan fingerprint density at radius 3 is 2.20 bits per heavy atom. The molecule has 0 saturated carbocycles. The lowest BCUT2D eigenvalue weighted by Crippen LogP contribution is -1.87. The van der Waals surface area contributed by atoms with Gasteiger partial charge in [0.1, 0.15) is 0 Å². The molecule has 0 aliphatic rings. The van der Waals surface area contributed by atoms with E-state index in [1.807, 2.05) is 0 Å². The van der Waals surface area contributed by atoms with Gasteiger partial charge in [-0.05, 0) is 0 Å². The normalized spacial score (nSPS) is 15.0. The molecule has 0 rings (SSSR count). The fourth-order valence-electron chi connectivity index (χ4n) is 0. The average molecular weight is 202 g/mol. The largest absolute Gasteiger partial charge is 0.175 e. The van der Waals surface area contributed by atoms with E-state index >= 15 is 0 Å². The van der Waals surface area contributed by atoms with Gasteiger partial charge in [-0.15, -0.1) is 0 Å². The summed E-state index contributed by atoms with van der Waals surface area (Å²) in [7, 11) is 0. The van der Waals surface area contributed by atoms with E-state index in [-0.39, 0.29) is 0 Å². The van der Waals surface area contributed by atoms with Crippen LogP contribution in [0, 0.1) is 0 Å². The second-order valence-electron chi connectivity index (χ2n) is 1.00. The highest BCUT2D eigenvalue weighted by atomic mass is 127. The van der Waals surface area contributed by atoms with E-state index in [0.29, 0.717) is 5.25 Å². The van der Waals surface area contributed by atoms with Gasteiger partial charge in [0, 0.05) is 9.68 Å². The van der Waals surface area contributed by atoms with Gasteiger partial charge in [-0.2, -0.15) is 12.6 Å². The van der Waals surface area contributed by atoms with Crippen LogP contribution < -0.4 is 0 Å². The van der Waals surface area contributed by atoms with Gasteiger partial charge in [0.25, 0.3) is 0 Å². The molecule has 0 spiro atoms. The van der Waals surface area contributed by atoms with Crippen LogP contribution >= 0.6 is 35.2 Å². The van der Waals surface area contributed by atoms with E-state index < -0.39 is 0 Å². The first-order chi connectivity index (χ1) is 2.27. The standard InChI is InChI=1S/C3H7IS/c1-3(5)2-4/h3,5H,2H2,1H3. The molecule has 2 heteroatoms. The quantitative estimate of drug-likeness (QED) is 0.373. The van der Waals surface area contributed by atoms with Crippen molar-refractivity contribution in [3.8, 4) is 0 Å². The molecule has 0 radical (unpaired) electrons. The molecule has 0 amide bonds. The van der Waals surface area contributed by atoms with Crippen molar-refractivity contribution in [2.24, 2.45) is 0 Å². The SMILES string of the molecule is CC(S)CI. The molecule has 1 atom stereocenters. The van der Waals surface area contributed by atoms with Crippen LogP contribution in [-0.4, -0.2) is 9.68 Å². The Bertz CT molecular complexity index is 20.9. The predicted octanol–water partition coefficient (Wildman–Crippen LogP) is 1.74. The maximum absolute atomic E-state index is 4.09. The lowest BCUT2D eigenvalue weighted by atomic mass is 10.6. The fourth-order valence-corrected chi connectivity index (χ4v) is 0. The van der Waals surface area contributed by atoms with Crippen molar-refractivity contribution in [1.82, 2.24) is 0 Å². The number of alkyl halides is 1. The lowest BCUT2D eigenvalue weighted by Gasteiger charge is -1.88. The van der Waals surface area contributed by atoms with Gasteiger partial charge in [0.05, 0.1) is 0 Å². The van der Waals surface area contributed by atoms with Crippen molar-refractivity contribution in [1.29, 1.82) is 0 Å². The van der Waals surface area contributed by atoms with Crippen molar-refractivity contribution in [2.45, 2.75) is 12.2 Å². The topological polar surface area (TPSA) is 0 Å². The van der Waals surface area contributed by atoms with E-state index in [9.17, 15) is 0 Å². The highest BCUT2D eigenvalue weighted by molar-refractivity contribution is 14.1.